The predicted molar refractivity (Wildman–Crippen MR) is 119 cm³/mol. The molecule has 0 bridgehead atoms. The third kappa shape index (κ3) is 5.29. The quantitative estimate of drug-likeness (QED) is 0.416. The maximum atomic E-state index is 13.0. The summed E-state index contributed by atoms with van der Waals surface area (Å²) >= 11 is 0. The summed E-state index contributed by atoms with van der Waals surface area (Å²) < 4.78 is 10.8. The Morgan fingerprint density at radius 1 is 1.06 bits per heavy atom. The Balaban J connectivity index is 1.86. The summed E-state index contributed by atoms with van der Waals surface area (Å²) in [5, 5.41) is 10.5. The number of phenols is 1. The molecule has 0 aliphatic carbocycles. The van der Waals surface area contributed by atoms with E-state index in [0.29, 0.717) is 23.3 Å². The number of ketones is 2. The number of hydrogen-bond acceptors (Lipinski definition) is 7. The Hall–Kier alpha value is -3.74. The summed E-state index contributed by atoms with van der Waals surface area (Å²) in [5.74, 6) is -0.705. The molecule has 0 radical (unpaired) electrons. The topological polar surface area (TPSA) is 111 Å². The molecule has 3 aromatic rings. The second kappa shape index (κ2) is 9.60. The van der Waals surface area contributed by atoms with Crippen LogP contribution in [0.2, 0.25) is 0 Å². The molecule has 0 amide bonds. The number of carbonyl (C=O) groups excluding carboxylic acids is 3. The predicted octanol–water partition coefficient (Wildman–Crippen LogP) is 4.21. The van der Waals surface area contributed by atoms with Crippen molar-refractivity contribution < 1.29 is 28.6 Å². The van der Waals surface area contributed by atoms with Crippen LogP contribution in [0.5, 0.6) is 11.5 Å². The van der Waals surface area contributed by atoms with Crippen molar-refractivity contribution in [3.63, 3.8) is 0 Å². The van der Waals surface area contributed by atoms with Crippen LogP contribution in [0, 0.1) is 5.92 Å². The lowest BCUT2D eigenvalue weighted by molar-refractivity contribution is -0.136. The van der Waals surface area contributed by atoms with Crippen LogP contribution in [0.25, 0.3) is 22.1 Å². The molecule has 0 aliphatic rings. The third-order valence-electron chi connectivity index (χ3n) is 5.23. The zero-order chi connectivity index (χ0) is 23.4. The van der Waals surface area contributed by atoms with Crippen molar-refractivity contribution in [2.24, 2.45) is 5.92 Å². The summed E-state index contributed by atoms with van der Waals surface area (Å²) in [7, 11) is 0. The highest BCUT2D eigenvalue weighted by atomic mass is 16.5. The van der Waals surface area contributed by atoms with Gasteiger partial charge in [0, 0.05) is 12.3 Å². The molecule has 7 nitrogen and oxygen atoms in total. The van der Waals surface area contributed by atoms with E-state index in [0.717, 1.165) is 0 Å². The number of benzene rings is 2. The zero-order valence-corrected chi connectivity index (χ0v) is 18.1. The maximum absolute atomic E-state index is 13.0. The normalized spacial score (nSPS) is 11.8. The van der Waals surface area contributed by atoms with Crippen LogP contribution in [0.15, 0.2) is 51.9 Å². The number of phenolic OH excluding ortho intramolecular Hbond substituents is 1. The monoisotopic (exact) mass is 436 g/mol. The number of ether oxygens (including phenoxy) is 1. The fourth-order valence-corrected chi connectivity index (χ4v) is 3.27. The largest absolute Gasteiger partial charge is 0.507 e. The van der Waals surface area contributed by atoms with Crippen molar-refractivity contribution in [2.75, 3.05) is 0 Å². The van der Waals surface area contributed by atoms with E-state index in [4.69, 9.17) is 9.15 Å². The number of rotatable bonds is 8. The smallest absolute Gasteiger partial charge is 0.311 e. The van der Waals surface area contributed by atoms with Gasteiger partial charge < -0.3 is 19.1 Å². The van der Waals surface area contributed by atoms with Crippen LogP contribution in [0.4, 0.5) is 0 Å². The van der Waals surface area contributed by atoms with Crippen LogP contribution in [-0.2, 0) is 20.8 Å². The first kappa shape index (κ1) is 22.9. The molecular formula is C25H24O7. The lowest BCUT2D eigenvalue weighted by Gasteiger charge is -2.10. The number of fused-ring (bicyclic) bond motifs is 1. The van der Waals surface area contributed by atoms with Gasteiger partial charge in [-0.1, -0.05) is 19.1 Å². The SMILES string of the molecule is CC(=O)CCC(=O)Oc1ccc(-c2coc3cc(CC(C)C(C)=O)cc(O)c3c2=O)cc1. The number of carbonyl (C=O) groups is 3. The summed E-state index contributed by atoms with van der Waals surface area (Å²) in [5.41, 5.74) is 1.30. The Bertz CT molecular complexity index is 1240. The molecule has 0 aliphatic heterocycles. The van der Waals surface area contributed by atoms with Gasteiger partial charge in [0.05, 0.1) is 12.0 Å². The first-order valence-corrected chi connectivity index (χ1v) is 10.2. The highest BCUT2D eigenvalue weighted by Gasteiger charge is 2.16. The molecule has 1 aromatic heterocycles. The average molecular weight is 436 g/mol. The average Bonchev–Trinajstić information content (AvgIpc) is 2.73. The van der Waals surface area contributed by atoms with Crippen molar-refractivity contribution in [3.05, 3.63) is 58.4 Å². The first-order chi connectivity index (χ1) is 15.2. The Morgan fingerprint density at radius 3 is 2.38 bits per heavy atom. The van der Waals surface area contributed by atoms with Crippen molar-refractivity contribution in [1.82, 2.24) is 0 Å². The zero-order valence-electron chi connectivity index (χ0n) is 18.1. The Kier molecular flexibility index (Phi) is 6.88. The summed E-state index contributed by atoms with van der Waals surface area (Å²) in [6.07, 6.45) is 1.86. The van der Waals surface area contributed by atoms with Crippen LogP contribution in [0.1, 0.15) is 39.2 Å². The lowest BCUT2D eigenvalue weighted by Crippen LogP contribution is -2.10. The van der Waals surface area contributed by atoms with Gasteiger partial charge in [0.15, 0.2) is 0 Å². The molecule has 0 spiro atoms. The van der Waals surface area contributed by atoms with Gasteiger partial charge in [-0.25, -0.2) is 0 Å². The van der Waals surface area contributed by atoms with E-state index in [1.807, 2.05) is 0 Å². The van der Waals surface area contributed by atoms with E-state index in [1.165, 1.54) is 38.3 Å². The van der Waals surface area contributed by atoms with Gasteiger partial charge in [-0.2, -0.15) is 0 Å². The molecule has 32 heavy (non-hydrogen) atoms. The molecule has 1 atom stereocenters. The number of Topliss-reactive ketones (excluding diaryl/α,β-unsaturated/α-hetero) is 2. The van der Waals surface area contributed by atoms with E-state index < -0.39 is 11.4 Å². The molecule has 0 saturated carbocycles. The fraction of sp³-hybridized carbons (Fsp3) is 0.280. The fourth-order valence-electron chi connectivity index (χ4n) is 3.27. The molecule has 1 unspecified atom stereocenters. The van der Waals surface area contributed by atoms with Gasteiger partial charge in [0.1, 0.15) is 40.3 Å². The second-order valence-corrected chi connectivity index (χ2v) is 7.88. The summed E-state index contributed by atoms with van der Waals surface area (Å²) in [4.78, 5) is 47.3. The Labute approximate surface area is 184 Å². The second-order valence-electron chi connectivity index (χ2n) is 7.88. The van der Waals surface area contributed by atoms with Crippen molar-refractivity contribution in [3.8, 4) is 22.6 Å². The van der Waals surface area contributed by atoms with E-state index in [2.05, 4.69) is 0 Å². The molecule has 3 rings (SSSR count). The number of esters is 1. The maximum Gasteiger partial charge on any atom is 0.311 e. The van der Waals surface area contributed by atoms with E-state index in [9.17, 15) is 24.3 Å². The minimum Gasteiger partial charge on any atom is -0.507 e. The number of aromatic hydroxyl groups is 1. The first-order valence-electron chi connectivity index (χ1n) is 10.2. The summed E-state index contributed by atoms with van der Waals surface area (Å²) in [6.45, 7) is 4.71. The van der Waals surface area contributed by atoms with Gasteiger partial charge >= 0.3 is 5.97 Å². The molecule has 0 saturated heterocycles. The third-order valence-corrected chi connectivity index (χ3v) is 5.23. The van der Waals surface area contributed by atoms with Crippen LogP contribution in [0.3, 0.4) is 0 Å². The van der Waals surface area contributed by atoms with E-state index in [1.54, 1.807) is 25.1 Å². The highest BCUT2D eigenvalue weighted by Crippen LogP contribution is 2.29. The molecule has 7 heteroatoms. The van der Waals surface area contributed by atoms with Gasteiger partial charge in [-0.05, 0) is 55.7 Å². The molecule has 1 N–H and O–H groups in total. The van der Waals surface area contributed by atoms with Crippen LogP contribution >= 0.6 is 0 Å². The number of hydrogen-bond donors (Lipinski definition) is 1. The Morgan fingerprint density at radius 2 is 1.75 bits per heavy atom. The molecular weight excluding hydrogens is 412 g/mol. The van der Waals surface area contributed by atoms with Crippen LogP contribution in [-0.4, -0.2) is 22.6 Å². The molecule has 166 valence electrons. The van der Waals surface area contributed by atoms with Crippen molar-refractivity contribution in [2.45, 2.75) is 40.0 Å². The highest BCUT2D eigenvalue weighted by molar-refractivity contribution is 5.88. The van der Waals surface area contributed by atoms with Crippen molar-refractivity contribution >= 4 is 28.5 Å². The minimum absolute atomic E-state index is 0.00218. The summed E-state index contributed by atoms with van der Waals surface area (Å²) in [6, 6.07) is 9.42. The standard InChI is InChI=1S/C25H24O7/c1-14(16(3)27)10-17-11-21(28)24-22(12-17)31-13-20(25(24)30)18-5-7-19(8-6-18)32-23(29)9-4-15(2)26/h5-8,11-14,28H,4,9-10H2,1-3H3. The molecule has 0 fully saturated rings. The van der Waals surface area contributed by atoms with Crippen molar-refractivity contribution in [1.29, 1.82) is 0 Å². The molecule has 1 heterocycles. The van der Waals surface area contributed by atoms with E-state index >= 15 is 0 Å². The lowest BCUT2D eigenvalue weighted by atomic mass is 9.96. The minimum atomic E-state index is -0.516. The van der Waals surface area contributed by atoms with Crippen LogP contribution < -0.4 is 10.2 Å². The van der Waals surface area contributed by atoms with Gasteiger partial charge in [-0.3, -0.25) is 14.4 Å². The van der Waals surface area contributed by atoms with Gasteiger partial charge in [0.2, 0.25) is 5.43 Å². The van der Waals surface area contributed by atoms with Gasteiger partial charge in [-0.15, -0.1) is 0 Å². The molecule has 2 aromatic carbocycles. The van der Waals surface area contributed by atoms with E-state index in [-0.39, 0.29) is 52.6 Å². The van der Waals surface area contributed by atoms with Gasteiger partial charge in [0.25, 0.3) is 0 Å².